The van der Waals surface area contributed by atoms with E-state index in [4.69, 9.17) is 11.6 Å². The second-order valence-corrected chi connectivity index (χ2v) is 4.36. The lowest BCUT2D eigenvalue weighted by Crippen LogP contribution is -2.25. The van der Waals surface area contributed by atoms with Crippen LogP contribution in [0.5, 0.6) is 0 Å². The molecule has 0 saturated heterocycles. The van der Waals surface area contributed by atoms with Crippen LogP contribution in [-0.4, -0.2) is 31.8 Å². The third kappa shape index (κ3) is 4.70. The summed E-state index contributed by atoms with van der Waals surface area (Å²) in [4.78, 5) is 5.48. The van der Waals surface area contributed by atoms with Gasteiger partial charge in [0.2, 0.25) is 0 Å². The lowest BCUT2D eigenvalue weighted by Gasteiger charge is -2.20. The van der Waals surface area contributed by atoms with Gasteiger partial charge < -0.3 is 10.2 Å². The van der Waals surface area contributed by atoms with Gasteiger partial charge >= 0.3 is 6.18 Å². The van der Waals surface area contributed by atoms with Crippen molar-refractivity contribution in [2.75, 3.05) is 25.5 Å². The van der Waals surface area contributed by atoms with E-state index in [-0.39, 0.29) is 6.54 Å². The molecule has 0 aliphatic heterocycles. The molecule has 0 saturated carbocycles. The van der Waals surface area contributed by atoms with Gasteiger partial charge in [-0.25, -0.2) is 4.98 Å². The molecule has 7 heteroatoms. The first-order valence-electron chi connectivity index (χ1n) is 5.40. The summed E-state index contributed by atoms with van der Waals surface area (Å²) in [7, 11) is 3.34. The van der Waals surface area contributed by atoms with Gasteiger partial charge in [-0.2, -0.15) is 13.2 Å². The highest BCUT2D eigenvalue weighted by molar-refractivity contribution is 6.31. The first-order chi connectivity index (χ1) is 8.33. The van der Waals surface area contributed by atoms with Crippen molar-refractivity contribution in [1.82, 2.24) is 10.3 Å². The molecule has 0 spiro atoms. The monoisotopic (exact) mass is 281 g/mol. The lowest BCUT2D eigenvalue weighted by atomic mass is 10.2. The van der Waals surface area contributed by atoms with Crippen LogP contribution < -0.4 is 10.2 Å². The van der Waals surface area contributed by atoms with Gasteiger partial charge in [0.05, 0.1) is 11.4 Å². The van der Waals surface area contributed by atoms with Crippen molar-refractivity contribution in [3.05, 3.63) is 22.8 Å². The van der Waals surface area contributed by atoms with Crippen LogP contribution in [0.2, 0.25) is 5.02 Å². The number of anilines is 1. The van der Waals surface area contributed by atoms with E-state index in [1.807, 2.05) is 0 Å². The molecule has 0 unspecified atom stereocenters. The maximum absolute atomic E-state index is 12.1. The lowest BCUT2D eigenvalue weighted by molar-refractivity contribution is -0.132. The Morgan fingerprint density at radius 1 is 1.44 bits per heavy atom. The predicted octanol–water partition coefficient (Wildman–Crippen LogP) is 2.84. The summed E-state index contributed by atoms with van der Waals surface area (Å²) in [5.74, 6) is 0.480. The Labute approximate surface area is 109 Å². The number of alkyl halides is 3. The minimum absolute atomic E-state index is 0.128. The third-order valence-corrected chi connectivity index (χ3v) is 2.75. The van der Waals surface area contributed by atoms with Crippen molar-refractivity contribution >= 4 is 17.4 Å². The Balaban J connectivity index is 2.73. The molecule has 0 atom stereocenters. The molecule has 1 N–H and O–H groups in total. The largest absolute Gasteiger partial charge is 0.390 e. The van der Waals surface area contributed by atoms with Crippen molar-refractivity contribution in [3.63, 3.8) is 0 Å². The zero-order valence-electron chi connectivity index (χ0n) is 10.2. The molecule has 0 amide bonds. The maximum atomic E-state index is 12.1. The molecule has 0 radical (unpaired) electrons. The Morgan fingerprint density at radius 2 is 2.11 bits per heavy atom. The Bertz CT molecular complexity index is 396. The number of nitrogens with one attached hydrogen (secondary N) is 1. The molecule has 1 heterocycles. The molecular formula is C11H15ClF3N3. The predicted molar refractivity (Wildman–Crippen MR) is 66.0 cm³/mol. The number of halogens is 4. The van der Waals surface area contributed by atoms with Crippen LogP contribution in [-0.2, 0) is 6.54 Å². The number of nitrogens with zero attached hydrogens (tertiary/aromatic N) is 2. The molecule has 1 rings (SSSR count). The number of rotatable bonds is 5. The second-order valence-electron chi connectivity index (χ2n) is 3.95. The van der Waals surface area contributed by atoms with Crippen LogP contribution in [0, 0.1) is 0 Å². The molecule has 18 heavy (non-hydrogen) atoms. The van der Waals surface area contributed by atoms with E-state index in [1.165, 1.54) is 11.1 Å². The fourth-order valence-electron chi connectivity index (χ4n) is 1.41. The van der Waals surface area contributed by atoms with Crippen LogP contribution in [0.4, 0.5) is 19.0 Å². The van der Waals surface area contributed by atoms with E-state index in [2.05, 4.69) is 10.3 Å². The fourth-order valence-corrected chi connectivity index (χ4v) is 1.58. The van der Waals surface area contributed by atoms with Gasteiger partial charge in [0, 0.05) is 26.3 Å². The molecule has 0 aliphatic rings. The van der Waals surface area contributed by atoms with Crippen LogP contribution in [0.15, 0.2) is 12.3 Å². The van der Waals surface area contributed by atoms with Crippen molar-refractivity contribution in [1.29, 1.82) is 0 Å². The molecule has 1 aromatic rings. The minimum Gasteiger partial charge on any atom is -0.359 e. The molecule has 0 bridgehead atoms. The normalized spacial score (nSPS) is 11.7. The van der Waals surface area contributed by atoms with Crippen molar-refractivity contribution in [2.24, 2.45) is 0 Å². The Kier molecular flexibility index (Phi) is 5.22. The van der Waals surface area contributed by atoms with E-state index in [0.717, 1.165) is 5.56 Å². The molecular weight excluding hydrogens is 267 g/mol. The number of hydrogen-bond acceptors (Lipinski definition) is 3. The van der Waals surface area contributed by atoms with Crippen molar-refractivity contribution in [2.45, 2.75) is 19.1 Å². The zero-order chi connectivity index (χ0) is 13.8. The van der Waals surface area contributed by atoms with Crippen molar-refractivity contribution in [3.8, 4) is 0 Å². The minimum atomic E-state index is -4.16. The molecule has 0 fully saturated rings. The average Bonchev–Trinajstić information content (AvgIpc) is 2.28. The smallest absolute Gasteiger partial charge is 0.359 e. The molecule has 0 aliphatic carbocycles. The van der Waals surface area contributed by atoms with Crippen LogP contribution >= 0.6 is 11.6 Å². The van der Waals surface area contributed by atoms with Crippen LogP contribution in [0.25, 0.3) is 0 Å². The zero-order valence-corrected chi connectivity index (χ0v) is 10.9. The first kappa shape index (κ1) is 15.0. The fraction of sp³-hybridized carbons (Fsp3) is 0.545. The summed E-state index contributed by atoms with van der Waals surface area (Å²) in [5, 5.41) is 3.43. The quantitative estimate of drug-likeness (QED) is 0.899. The highest BCUT2D eigenvalue weighted by Crippen LogP contribution is 2.23. The van der Waals surface area contributed by atoms with E-state index in [0.29, 0.717) is 17.4 Å². The van der Waals surface area contributed by atoms with Gasteiger partial charge in [-0.05, 0) is 18.7 Å². The Morgan fingerprint density at radius 3 is 2.67 bits per heavy atom. The van der Waals surface area contributed by atoms with Gasteiger partial charge in [-0.1, -0.05) is 11.6 Å². The Hall–Kier alpha value is -1.01. The standard InChI is InChI=1S/C11H15ClF3N3/c1-16-6-8-5-10(17-7-9(8)12)18(2)4-3-11(13,14)15/h5,7,16H,3-4,6H2,1-2H3. The summed E-state index contributed by atoms with van der Waals surface area (Å²) >= 11 is 5.93. The van der Waals surface area contributed by atoms with Crippen LogP contribution in [0.3, 0.4) is 0 Å². The summed E-state index contributed by atoms with van der Waals surface area (Å²) in [6.45, 7) is 0.415. The van der Waals surface area contributed by atoms with Gasteiger partial charge in [0.25, 0.3) is 0 Å². The summed E-state index contributed by atoms with van der Waals surface area (Å²) < 4.78 is 36.4. The van der Waals surface area contributed by atoms with E-state index in [1.54, 1.807) is 20.2 Å². The first-order valence-corrected chi connectivity index (χ1v) is 5.78. The van der Waals surface area contributed by atoms with Crippen LogP contribution in [0.1, 0.15) is 12.0 Å². The number of pyridine rings is 1. The topological polar surface area (TPSA) is 28.2 Å². The molecule has 0 aromatic carbocycles. The van der Waals surface area contributed by atoms with E-state index >= 15 is 0 Å². The third-order valence-electron chi connectivity index (χ3n) is 2.41. The van der Waals surface area contributed by atoms with Crippen molar-refractivity contribution < 1.29 is 13.2 Å². The number of hydrogen-bond donors (Lipinski definition) is 1. The molecule has 1 aromatic heterocycles. The summed E-state index contributed by atoms with van der Waals surface area (Å²) in [6, 6.07) is 1.69. The van der Waals surface area contributed by atoms with Gasteiger partial charge in [-0.3, -0.25) is 0 Å². The summed E-state index contributed by atoms with van der Waals surface area (Å²) in [6.07, 6.45) is -3.57. The van der Waals surface area contributed by atoms with Gasteiger partial charge in [-0.15, -0.1) is 0 Å². The van der Waals surface area contributed by atoms with Gasteiger partial charge in [0.1, 0.15) is 5.82 Å². The molecule has 102 valence electrons. The van der Waals surface area contributed by atoms with Gasteiger partial charge in [0.15, 0.2) is 0 Å². The average molecular weight is 282 g/mol. The second kappa shape index (κ2) is 6.24. The highest BCUT2D eigenvalue weighted by atomic mass is 35.5. The van der Waals surface area contributed by atoms with E-state index < -0.39 is 12.6 Å². The molecule has 3 nitrogen and oxygen atoms in total. The number of aromatic nitrogens is 1. The maximum Gasteiger partial charge on any atom is 0.390 e. The highest BCUT2D eigenvalue weighted by Gasteiger charge is 2.27. The summed E-state index contributed by atoms with van der Waals surface area (Å²) in [5.41, 5.74) is 0.808. The van der Waals surface area contributed by atoms with E-state index in [9.17, 15) is 13.2 Å². The SMILES string of the molecule is CNCc1cc(N(C)CCC(F)(F)F)ncc1Cl.